The van der Waals surface area contributed by atoms with Crippen LogP contribution < -0.4 is 10.6 Å². The van der Waals surface area contributed by atoms with Gasteiger partial charge in [0.1, 0.15) is 0 Å². The molecule has 2 aromatic rings. The quantitative estimate of drug-likeness (QED) is 0.870. The fourth-order valence-corrected chi connectivity index (χ4v) is 2.30. The number of benzene rings is 2. The third-order valence-electron chi connectivity index (χ3n) is 3.92. The summed E-state index contributed by atoms with van der Waals surface area (Å²) >= 11 is 0. The zero-order valence-electron chi connectivity index (χ0n) is 14.6. The maximum atomic E-state index is 12.3. The molecule has 24 heavy (non-hydrogen) atoms. The van der Waals surface area contributed by atoms with Crippen LogP contribution >= 0.6 is 0 Å². The van der Waals surface area contributed by atoms with Gasteiger partial charge in [0.15, 0.2) is 0 Å². The summed E-state index contributed by atoms with van der Waals surface area (Å²) in [5.41, 5.74) is 4.47. The average molecular weight is 324 g/mol. The van der Waals surface area contributed by atoms with Crippen LogP contribution in [0.15, 0.2) is 42.5 Å². The molecular formula is C20H24N2O2. The smallest absolute Gasteiger partial charge is 0.228 e. The molecule has 0 aliphatic rings. The van der Waals surface area contributed by atoms with Gasteiger partial charge >= 0.3 is 0 Å². The standard InChI is InChI=1S/C20H24N2O2/c1-13(2)20(24)21-17-10-9-15(4)18(12-17)22-19(23)11-16-8-6-5-7-14(16)3/h5-10,12-13H,11H2,1-4H3,(H,21,24)(H,22,23). The van der Waals surface area contributed by atoms with Crippen molar-refractivity contribution in [2.24, 2.45) is 5.92 Å². The molecule has 4 nitrogen and oxygen atoms in total. The second kappa shape index (κ2) is 7.77. The van der Waals surface area contributed by atoms with E-state index in [0.717, 1.165) is 22.4 Å². The minimum absolute atomic E-state index is 0.0453. The molecule has 0 atom stereocenters. The zero-order valence-corrected chi connectivity index (χ0v) is 14.6. The van der Waals surface area contributed by atoms with E-state index in [2.05, 4.69) is 10.6 Å². The molecule has 0 fully saturated rings. The summed E-state index contributed by atoms with van der Waals surface area (Å²) in [6.07, 6.45) is 0.328. The molecule has 0 bridgehead atoms. The van der Waals surface area contributed by atoms with E-state index in [1.165, 1.54) is 0 Å². The van der Waals surface area contributed by atoms with E-state index in [-0.39, 0.29) is 17.7 Å². The Morgan fingerprint density at radius 1 is 0.958 bits per heavy atom. The summed E-state index contributed by atoms with van der Waals surface area (Å²) < 4.78 is 0. The van der Waals surface area contributed by atoms with E-state index in [9.17, 15) is 9.59 Å². The van der Waals surface area contributed by atoms with E-state index in [1.54, 1.807) is 6.07 Å². The van der Waals surface area contributed by atoms with E-state index in [4.69, 9.17) is 0 Å². The van der Waals surface area contributed by atoms with Gasteiger partial charge in [-0.2, -0.15) is 0 Å². The number of anilines is 2. The van der Waals surface area contributed by atoms with Crippen molar-refractivity contribution in [1.29, 1.82) is 0 Å². The fraction of sp³-hybridized carbons (Fsp3) is 0.300. The van der Waals surface area contributed by atoms with Crippen molar-refractivity contribution in [2.75, 3.05) is 10.6 Å². The van der Waals surface area contributed by atoms with Crippen LogP contribution in [-0.4, -0.2) is 11.8 Å². The molecular weight excluding hydrogens is 300 g/mol. The van der Waals surface area contributed by atoms with Crippen LogP contribution in [0.5, 0.6) is 0 Å². The lowest BCUT2D eigenvalue weighted by Crippen LogP contribution is -2.19. The fourth-order valence-electron chi connectivity index (χ4n) is 2.30. The first-order valence-corrected chi connectivity index (χ1v) is 8.12. The van der Waals surface area contributed by atoms with Crippen LogP contribution in [0, 0.1) is 19.8 Å². The van der Waals surface area contributed by atoms with E-state index in [0.29, 0.717) is 12.1 Å². The second-order valence-corrected chi connectivity index (χ2v) is 6.33. The number of nitrogens with one attached hydrogen (secondary N) is 2. The molecule has 126 valence electrons. The van der Waals surface area contributed by atoms with Gasteiger partial charge in [-0.1, -0.05) is 44.2 Å². The largest absolute Gasteiger partial charge is 0.326 e. The lowest BCUT2D eigenvalue weighted by Gasteiger charge is -2.13. The van der Waals surface area contributed by atoms with Crippen LogP contribution in [0.25, 0.3) is 0 Å². The Morgan fingerprint density at radius 3 is 2.33 bits per heavy atom. The molecule has 0 aliphatic carbocycles. The summed E-state index contributed by atoms with van der Waals surface area (Å²) in [7, 11) is 0. The molecule has 0 spiro atoms. The van der Waals surface area contributed by atoms with Crippen molar-refractivity contribution in [2.45, 2.75) is 34.1 Å². The summed E-state index contributed by atoms with van der Waals surface area (Å²) in [5, 5.41) is 5.79. The van der Waals surface area contributed by atoms with Crippen molar-refractivity contribution in [3.05, 3.63) is 59.2 Å². The highest BCUT2D eigenvalue weighted by Gasteiger charge is 2.11. The van der Waals surface area contributed by atoms with Crippen molar-refractivity contribution in [3.8, 4) is 0 Å². The second-order valence-electron chi connectivity index (χ2n) is 6.33. The Bertz CT molecular complexity index is 751. The molecule has 0 saturated heterocycles. The Labute approximate surface area is 143 Å². The predicted octanol–water partition coefficient (Wildman–Crippen LogP) is 4.08. The van der Waals surface area contributed by atoms with Gasteiger partial charge in [-0.15, -0.1) is 0 Å². The Kier molecular flexibility index (Phi) is 5.74. The maximum Gasteiger partial charge on any atom is 0.228 e. The van der Waals surface area contributed by atoms with Gasteiger partial charge in [0.05, 0.1) is 6.42 Å². The van der Waals surface area contributed by atoms with E-state index >= 15 is 0 Å². The number of amides is 2. The van der Waals surface area contributed by atoms with Crippen LogP contribution in [0.3, 0.4) is 0 Å². The summed E-state index contributed by atoms with van der Waals surface area (Å²) in [6.45, 7) is 7.61. The SMILES string of the molecule is Cc1ccccc1CC(=O)Nc1cc(NC(=O)C(C)C)ccc1C. The van der Waals surface area contributed by atoms with Gasteiger partial charge in [0.25, 0.3) is 0 Å². The third kappa shape index (κ3) is 4.69. The molecule has 0 radical (unpaired) electrons. The molecule has 0 aliphatic heterocycles. The molecule has 2 aromatic carbocycles. The first-order valence-electron chi connectivity index (χ1n) is 8.12. The lowest BCUT2D eigenvalue weighted by atomic mass is 10.1. The maximum absolute atomic E-state index is 12.3. The number of carbonyl (C=O) groups is 2. The monoisotopic (exact) mass is 324 g/mol. The Balaban J connectivity index is 2.09. The number of hydrogen-bond donors (Lipinski definition) is 2. The third-order valence-corrected chi connectivity index (χ3v) is 3.92. The first-order chi connectivity index (χ1) is 11.4. The van der Waals surface area contributed by atoms with Gasteiger partial charge < -0.3 is 10.6 Å². The molecule has 4 heteroatoms. The van der Waals surface area contributed by atoms with Gasteiger partial charge in [0.2, 0.25) is 11.8 Å². The molecule has 0 heterocycles. The first kappa shape index (κ1) is 17.7. The lowest BCUT2D eigenvalue weighted by molar-refractivity contribution is -0.119. The van der Waals surface area contributed by atoms with Gasteiger partial charge in [-0.3, -0.25) is 9.59 Å². The van der Waals surface area contributed by atoms with Gasteiger partial charge in [0, 0.05) is 17.3 Å². The minimum Gasteiger partial charge on any atom is -0.326 e. The molecule has 0 unspecified atom stereocenters. The van der Waals surface area contributed by atoms with Crippen molar-refractivity contribution in [1.82, 2.24) is 0 Å². The number of carbonyl (C=O) groups excluding carboxylic acids is 2. The summed E-state index contributed by atoms with van der Waals surface area (Å²) in [6, 6.07) is 13.4. The predicted molar refractivity (Wildman–Crippen MR) is 98.2 cm³/mol. The highest BCUT2D eigenvalue weighted by molar-refractivity contribution is 5.96. The molecule has 2 N–H and O–H groups in total. The zero-order chi connectivity index (χ0) is 17.7. The van der Waals surface area contributed by atoms with Gasteiger partial charge in [-0.05, 0) is 42.7 Å². The van der Waals surface area contributed by atoms with Crippen LogP contribution in [0.1, 0.15) is 30.5 Å². The van der Waals surface area contributed by atoms with Crippen LogP contribution in [0.4, 0.5) is 11.4 Å². The normalized spacial score (nSPS) is 10.5. The Hall–Kier alpha value is -2.62. The average Bonchev–Trinajstić information content (AvgIpc) is 2.52. The number of aryl methyl sites for hydroxylation is 2. The van der Waals surface area contributed by atoms with E-state index < -0.39 is 0 Å². The molecule has 0 saturated carbocycles. The molecule has 2 rings (SSSR count). The van der Waals surface area contributed by atoms with Crippen molar-refractivity contribution >= 4 is 23.2 Å². The van der Waals surface area contributed by atoms with Crippen molar-refractivity contribution < 1.29 is 9.59 Å². The number of rotatable bonds is 5. The highest BCUT2D eigenvalue weighted by Crippen LogP contribution is 2.21. The van der Waals surface area contributed by atoms with Gasteiger partial charge in [-0.25, -0.2) is 0 Å². The molecule has 0 aromatic heterocycles. The molecule has 2 amide bonds. The van der Waals surface area contributed by atoms with Crippen molar-refractivity contribution in [3.63, 3.8) is 0 Å². The van der Waals surface area contributed by atoms with Crippen LogP contribution in [0.2, 0.25) is 0 Å². The topological polar surface area (TPSA) is 58.2 Å². The summed E-state index contributed by atoms with van der Waals surface area (Å²) in [4.78, 5) is 24.1. The number of hydrogen-bond acceptors (Lipinski definition) is 2. The Morgan fingerprint density at radius 2 is 1.67 bits per heavy atom. The highest BCUT2D eigenvalue weighted by atomic mass is 16.2. The van der Waals surface area contributed by atoms with E-state index in [1.807, 2.05) is 64.1 Å². The van der Waals surface area contributed by atoms with Crippen LogP contribution in [-0.2, 0) is 16.0 Å². The minimum atomic E-state index is -0.0922. The summed E-state index contributed by atoms with van der Waals surface area (Å²) in [5.74, 6) is -0.207.